The molecule has 0 spiro atoms. The molecule has 3 rings (SSSR count). The van der Waals surface area contributed by atoms with E-state index in [4.69, 9.17) is 4.74 Å². The summed E-state index contributed by atoms with van der Waals surface area (Å²) in [7, 11) is 0. The van der Waals surface area contributed by atoms with Crippen molar-refractivity contribution in [3.05, 3.63) is 64.1 Å². The molecular formula is C16H15N3O4. The standard InChI is InChI=1S/C16H15N3O4/c20-14-13(2-1-7-17-14)15(21)18-12-5-3-11(4-6-12)10-19-8-9-23-16(19)22/h1-7H,8-10H2,(H,17,20)(H,18,21). The molecule has 0 aliphatic carbocycles. The highest BCUT2D eigenvalue weighted by molar-refractivity contribution is 6.03. The number of aromatic nitrogens is 1. The van der Waals surface area contributed by atoms with Crippen molar-refractivity contribution in [1.29, 1.82) is 0 Å². The Hall–Kier alpha value is -3.09. The number of carbonyl (C=O) groups excluding carboxylic acids is 2. The molecule has 23 heavy (non-hydrogen) atoms. The minimum absolute atomic E-state index is 0.0522. The first-order valence-corrected chi connectivity index (χ1v) is 7.13. The first kappa shape index (κ1) is 14.8. The van der Waals surface area contributed by atoms with Gasteiger partial charge in [0.15, 0.2) is 0 Å². The number of nitrogens with zero attached hydrogens (tertiary/aromatic N) is 1. The zero-order chi connectivity index (χ0) is 16.2. The smallest absolute Gasteiger partial charge is 0.410 e. The van der Waals surface area contributed by atoms with Crippen molar-refractivity contribution < 1.29 is 14.3 Å². The summed E-state index contributed by atoms with van der Waals surface area (Å²) in [6.45, 7) is 1.46. The van der Waals surface area contributed by atoms with Gasteiger partial charge >= 0.3 is 6.09 Å². The predicted octanol–water partition coefficient (Wildman–Crippen LogP) is 1.58. The fraction of sp³-hybridized carbons (Fsp3) is 0.188. The van der Waals surface area contributed by atoms with E-state index in [-0.39, 0.29) is 11.7 Å². The highest BCUT2D eigenvalue weighted by atomic mass is 16.6. The van der Waals surface area contributed by atoms with Gasteiger partial charge in [0.05, 0.1) is 6.54 Å². The van der Waals surface area contributed by atoms with E-state index in [1.54, 1.807) is 23.1 Å². The molecule has 2 heterocycles. The van der Waals surface area contributed by atoms with E-state index >= 15 is 0 Å². The molecule has 1 aromatic carbocycles. The number of H-pyrrole nitrogens is 1. The topological polar surface area (TPSA) is 91.5 Å². The van der Waals surface area contributed by atoms with Crippen molar-refractivity contribution >= 4 is 17.7 Å². The average molecular weight is 313 g/mol. The summed E-state index contributed by atoms with van der Waals surface area (Å²) in [6, 6.07) is 10.1. The van der Waals surface area contributed by atoms with E-state index < -0.39 is 11.5 Å². The predicted molar refractivity (Wildman–Crippen MR) is 83.2 cm³/mol. The number of pyridine rings is 1. The van der Waals surface area contributed by atoms with E-state index in [2.05, 4.69) is 10.3 Å². The van der Waals surface area contributed by atoms with Gasteiger partial charge in [0.2, 0.25) is 0 Å². The van der Waals surface area contributed by atoms with E-state index in [9.17, 15) is 14.4 Å². The molecule has 2 amide bonds. The molecule has 1 aromatic heterocycles. The van der Waals surface area contributed by atoms with Crippen LogP contribution in [0, 0.1) is 0 Å². The Balaban J connectivity index is 1.65. The Morgan fingerprint density at radius 2 is 2.00 bits per heavy atom. The van der Waals surface area contributed by atoms with Gasteiger partial charge in [-0.2, -0.15) is 0 Å². The van der Waals surface area contributed by atoms with Crippen LogP contribution in [0.25, 0.3) is 0 Å². The quantitative estimate of drug-likeness (QED) is 0.896. The molecule has 118 valence electrons. The van der Waals surface area contributed by atoms with Gasteiger partial charge in [-0.15, -0.1) is 0 Å². The Bertz CT molecular complexity index is 782. The molecule has 0 unspecified atom stereocenters. The third kappa shape index (κ3) is 3.39. The minimum atomic E-state index is -0.470. The highest BCUT2D eigenvalue weighted by Crippen LogP contribution is 2.14. The van der Waals surface area contributed by atoms with Gasteiger partial charge in [-0.25, -0.2) is 4.79 Å². The maximum atomic E-state index is 12.0. The lowest BCUT2D eigenvalue weighted by Gasteiger charge is -2.13. The number of carbonyl (C=O) groups is 2. The fourth-order valence-electron chi connectivity index (χ4n) is 2.28. The van der Waals surface area contributed by atoms with Crippen LogP contribution in [0.2, 0.25) is 0 Å². The van der Waals surface area contributed by atoms with Crippen molar-refractivity contribution in [2.45, 2.75) is 6.54 Å². The first-order chi connectivity index (χ1) is 11.1. The molecule has 2 aromatic rings. The first-order valence-electron chi connectivity index (χ1n) is 7.13. The Morgan fingerprint density at radius 3 is 2.65 bits per heavy atom. The van der Waals surface area contributed by atoms with Gasteiger partial charge in [-0.05, 0) is 29.8 Å². The van der Waals surface area contributed by atoms with Gasteiger partial charge in [-0.3, -0.25) is 9.59 Å². The average Bonchev–Trinajstić information content (AvgIpc) is 2.95. The fourth-order valence-corrected chi connectivity index (χ4v) is 2.28. The SMILES string of the molecule is O=C(Nc1ccc(CN2CCOC2=O)cc1)c1ccc[nH]c1=O. The lowest BCUT2D eigenvalue weighted by molar-refractivity contribution is 0.102. The zero-order valence-corrected chi connectivity index (χ0v) is 12.2. The number of ether oxygens (including phenoxy) is 1. The molecule has 7 heteroatoms. The Morgan fingerprint density at radius 1 is 1.22 bits per heavy atom. The van der Waals surface area contributed by atoms with E-state index in [1.807, 2.05) is 12.1 Å². The second-order valence-corrected chi connectivity index (χ2v) is 5.10. The molecule has 7 nitrogen and oxygen atoms in total. The summed E-state index contributed by atoms with van der Waals surface area (Å²) < 4.78 is 4.87. The number of hydrogen-bond acceptors (Lipinski definition) is 4. The molecular weight excluding hydrogens is 298 g/mol. The lowest BCUT2D eigenvalue weighted by Crippen LogP contribution is -2.23. The second-order valence-electron chi connectivity index (χ2n) is 5.10. The van der Waals surface area contributed by atoms with Crippen LogP contribution in [-0.2, 0) is 11.3 Å². The summed E-state index contributed by atoms with van der Waals surface area (Å²) in [6.07, 6.45) is 1.16. The third-order valence-corrected chi connectivity index (χ3v) is 3.49. The largest absolute Gasteiger partial charge is 0.448 e. The Kier molecular flexibility index (Phi) is 4.09. The van der Waals surface area contributed by atoms with Gasteiger partial charge < -0.3 is 19.9 Å². The van der Waals surface area contributed by atoms with Crippen molar-refractivity contribution in [3.63, 3.8) is 0 Å². The zero-order valence-electron chi connectivity index (χ0n) is 12.2. The molecule has 1 fully saturated rings. The molecule has 1 aliphatic heterocycles. The number of hydrogen-bond donors (Lipinski definition) is 2. The molecule has 0 saturated carbocycles. The van der Waals surface area contributed by atoms with Crippen LogP contribution in [0.4, 0.5) is 10.5 Å². The Labute approximate surface area is 131 Å². The van der Waals surface area contributed by atoms with Crippen LogP contribution in [0.15, 0.2) is 47.4 Å². The van der Waals surface area contributed by atoms with Crippen molar-refractivity contribution in [3.8, 4) is 0 Å². The molecule has 0 radical (unpaired) electrons. The summed E-state index contributed by atoms with van der Waals surface area (Å²) in [4.78, 5) is 39.1. The summed E-state index contributed by atoms with van der Waals surface area (Å²) >= 11 is 0. The lowest BCUT2D eigenvalue weighted by atomic mass is 10.2. The third-order valence-electron chi connectivity index (χ3n) is 3.49. The maximum Gasteiger partial charge on any atom is 0.410 e. The number of nitrogens with one attached hydrogen (secondary N) is 2. The van der Waals surface area contributed by atoms with Crippen LogP contribution in [0.3, 0.4) is 0 Å². The number of amides is 2. The molecule has 0 atom stereocenters. The van der Waals surface area contributed by atoms with Crippen LogP contribution in [0.1, 0.15) is 15.9 Å². The van der Waals surface area contributed by atoms with E-state index in [0.717, 1.165) is 5.56 Å². The van der Waals surface area contributed by atoms with Crippen LogP contribution < -0.4 is 10.9 Å². The van der Waals surface area contributed by atoms with Gasteiger partial charge in [0.25, 0.3) is 11.5 Å². The normalized spacial score (nSPS) is 13.7. The molecule has 1 aliphatic rings. The molecule has 1 saturated heterocycles. The van der Waals surface area contributed by atoms with E-state index in [0.29, 0.717) is 25.4 Å². The van der Waals surface area contributed by atoms with Gasteiger partial charge in [-0.1, -0.05) is 12.1 Å². The molecule has 2 N–H and O–H groups in total. The number of benzene rings is 1. The van der Waals surface area contributed by atoms with Crippen LogP contribution in [0.5, 0.6) is 0 Å². The molecule has 0 bridgehead atoms. The summed E-state index contributed by atoms with van der Waals surface area (Å²) in [5.74, 6) is -0.470. The number of rotatable bonds is 4. The van der Waals surface area contributed by atoms with Crippen molar-refractivity contribution in [2.75, 3.05) is 18.5 Å². The van der Waals surface area contributed by atoms with Gasteiger partial charge in [0.1, 0.15) is 12.2 Å². The van der Waals surface area contributed by atoms with E-state index in [1.165, 1.54) is 12.3 Å². The second kappa shape index (κ2) is 6.35. The number of cyclic esters (lactones) is 1. The van der Waals surface area contributed by atoms with Crippen LogP contribution in [-0.4, -0.2) is 35.0 Å². The van der Waals surface area contributed by atoms with Crippen molar-refractivity contribution in [2.24, 2.45) is 0 Å². The number of aromatic amines is 1. The van der Waals surface area contributed by atoms with Crippen molar-refractivity contribution in [1.82, 2.24) is 9.88 Å². The highest BCUT2D eigenvalue weighted by Gasteiger charge is 2.21. The maximum absolute atomic E-state index is 12.0. The summed E-state index contributed by atoms with van der Waals surface area (Å²) in [5, 5.41) is 2.66. The van der Waals surface area contributed by atoms with Crippen LogP contribution >= 0.6 is 0 Å². The number of anilines is 1. The summed E-state index contributed by atoms with van der Waals surface area (Å²) in [5.41, 5.74) is 1.12. The van der Waals surface area contributed by atoms with Gasteiger partial charge in [0, 0.05) is 18.4 Å². The minimum Gasteiger partial charge on any atom is -0.448 e. The monoisotopic (exact) mass is 313 g/mol.